The first-order chi connectivity index (χ1) is 9.70. The van der Waals surface area contributed by atoms with Crippen molar-refractivity contribution in [1.29, 1.82) is 0 Å². The van der Waals surface area contributed by atoms with Crippen molar-refractivity contribution in [1.82, 2.24) is 5.32 Å². The molecule has 2 aromatic carbocycles. The van der Waals surface area contributed by atoms with Gasteiger partial charge in [0, 0.05) is 12.1 Å². The highest BCUT2D eigenvalue weighted by molar-refractivity contribution is 14.1. The van der Waals surface area contributed by atoms with Crippen molar-refractivity contribution in [2.45, 2.75) is 6.42 Å². The standard InChI is InChI=1S/C16H16INO2/c1-20-15-8-7-13(11-14(15)17)16(19)18-10-9-12-5-3-2-4-6-12/h2-8,11H,9-10H2,1H3,(H,18,19). The van der Waals surface area contributed by atoms with Crippen LogP contribution in [0.2, 0.25) is 0 Å². The minimum Gasteiger partial charge on any atom is -0.496 e. The van der Waals surface area contributed by atoms with Gasteiger partial charge in [0.2, 0.25) is 0 Å². The smallest absolute Gasteiger partial charge is 0.251 e. The number of nitrogens with one attached hydrogen (secondary N) is 1. The van der Waals surface area contributed by atoms with Crippen LogP contribution in [0.1, 0.15) is 15.9 Å². The van der Waals surface area contributed by atoms with Crippen molar-refractivity contribution >= 4 is 28.5 Å². The summed E-state index contributed by atoms with van der Waals surface area (Å²) in [5.74, 6) is 0.730. The molecule has 0 aromatic heterocycles. The first-order valence-electron chi connectivity index (χ1n) is 6.36. The van der Waals surface area contributed by atoms with Crippen molar-refractivity contribution in [3.05, 3.63) is 63.2 Å². The van der Waals surface area contributed by atoms with Crippen LogP contribution in [0.3, 0.4) is 0 Å². The predicted molar refractivity (Wildman–Crippen MR) is 88.2 cm³/mol. The minimum absolute atomic E-state index is 0.0542. The van der Waals surface area contributed by atoms with Gasteiger partial charge in [-0.25, -0.2) is 0 Å². The fourth-order valence-electron chi connectivity index (χ4n) is 1.87. The Kier molecular flexibility index (Phi) is 5.40. The van der Waals surface area contributed by atoms with Crippen molar-refractivity contribution < 1.29 is 9.53 Å². The quantitative estimate of drug-likeness (QED) is 0.808. The SMILES string of the molecule is COc1ccc(C(=O)NCCc2ccccc2)cc1I. The summed E-state index contributed by atoms with van der Waals surface area (Å²) >= 11 is 2.16. The lowest BCUT2D eigenvalue weighted by Gasteiger charge is -2.08. The molecule has 0 saturated carbocycles. The molecule has 0 aliphatic rings. The molecule has 20 heavy (non-hydrogen) atoms. The molecule has 0 fully saturated rings. The van der Waals surface area contributed by atoms with E-state index in [4.69, 9.17) is 4.74 Å². The van der Waals surface area contributed by atoms with Gasteiger partial charge in [0.05, 0.1) is 10.7 Å². The minimum atomic E-state index is -0.0542. The Labute approximate surface area is 132 Å². The van der Waals surface area contributed by atoms with E-state index in [-0.39, 0.29) is 5.91 Å². The molecule has 0 spiro atoms. The van der Waals surface area contributed by atoms with Gasteiger partial charge in [0.1, 0.15) is 5.75 Å². The molecule has 0 atom stereocenters. The van der Waals surface area contributed by atoms with E-state index in [1.807, 2.05) is 30.3 Å². The molecule has 0 radical (unpaired) electrons. The maximum Gasteiger partial charge on any atom is 0.251 e. The van der Waals surface area contributed by atoms with Gasteiger partial charge in [-0.05, 0) is 52.8 Å². The molecule has 4 heteroatoms. The van der Waals surface area contributed by atoms with E-state index in [2.05, 4.69) is 40.0 Å². The first kappa shape index (κ1) is 14.8. The Morgan fingerprint density at radius 2 is 1.95 bits per heavy atom. The second-order valence-electron chi connectivity index (χ2n) is 4.34. The van der Waals surface area contributed by atoms with Gasteiger partial charge < -0.3 is 10.1 Å². The van der Waals surface area contributed by atoms with Gasteiger partial charge in [-0.15, -0.1) is 0 Å². The van der Waals surface area contributed by atoms with Crippen LogP contribution in [0, 0.1) is 3.57 Å². The monoisotopic (exact) mass is 381 g/mol. The third-order valence-corrected chi connectivity index (χ3v) is 3.80. The lowest BCUT2D eigenvalue weighted by atomic mass is 10.1. The number of halogens is 1. The number of methoxy groups -OCH3 is 1. The fourth-order valence-corrected chi connectivity index (χ4v) is 2.61. The normalized spacial score (nSPS) is 10.1. The zero-order chi connectivity index (χ0) is 14.4. The molecular formula is C16H16INO2. The molecule has 1 amide bonds. The van der Waals surface area contributed by atoms with E-state index in [0.717, 1.165) is 15.7 Å². The Balaban J connectivity index is 1.90. The van der Waals surface area contributed by atoms with Crippen molar-refractivity contribution in [3.63, 3.8) is 0 Å². The maximum absolute atomic E-state index is 12.0. The Morgan fingerprint density at radius 3 is 2.60 bits per heavy atom. The first-order valence-corrected chi connectivity index (χ1v) is 7.44. The van der Waals surface area contributed by atoms with E-state index in [0.29, 0.717) is 12.1 Å². The van der Waals surface area contributed by atoms with Crippen molar-refractivity contribution in [2.75, 3.05) is 13.7 Å². The molecule has 0 bridgehead atoms. The Hall–Kier alpha value is -1.56. The number of carbonyl (C=O) groups excluding carboxylic acids is 1. The highest BCUT2D eigenvalue weighted by Gasteiger charge is 2.08. The summed E-state index contributed by atoms with van der Waals surface area (Å²) < 4.78 is 6.11. The number of amides is 1. The van der Waals surface area contributed by atoms with E-state index < -0.39 is 0 Å². The number of benzene rings is 2. The molecule has 104 valence electrons. The summed E-state index contributed by atoms with van der Waals surface area (Å²) in [5.41, 5.74) is 1.88. The molecule has 0 saturated heterocycles. The molecule has 0 aliphatic heterocycles. The lowest BCUT2D eigenvalue weighted by Crippen LogP contribution is -2.25. The summed E-state index contributed by atoms with van der Waals surface area (Å²) in [6, 6.07) is 15.5. The summed E-state index contributed by atoms with van der Waals surface area (Å²) in [7, 11) is 1.62. The summed E-state index contributed by atoms with van der Waals surface area (Å²) in [6.07, 6.45) is 0.833. The number of rotatable bonds is 5. The Morgan fingerprint density at radius 1 is 1.20 bits per heavy atom. The molecule has 0 unspecified atom stereocenters. The molecule has 0 aliphatic carbocycles. The van der Waals surface area contributed by atoms with Crippen LogP contribution < -0.4 is 10.1 Å². The van der Waals surface area contributed by atoms with Gasteiger partial charge in [-0.3, -0.25) is 4.79 Å². The van der Waals surface area contributed by atoms with Crippen LogP contribution in [0.25, 0.3) is 0 Å². The van der Waals surface area contributed by atoms with Gasteiger partial charge >= 0.3 is 0 Å². The second kappa shape index (κ2) is 7.28. The van der Waals surface area contributed by atoms with Crippen LogP contribution >= 0.6 is 22.6 Å². The summed E-state index contributed by atoms with van der Waals surface area (Å²) in [6.45, 7) is 0.630. The van der Waals surface area contributed by atoms with E-state index in [9.17, 15) is 4.79 Å². The van der Waals surface area contributed by atoms with Crippen molar-refractivity contribution in [2.24, 2.45) is 0 Å². The zero-order valence-electron chi connectivity index (χ0n) is 11.2. The van der Waals surface area contributed by atoms with Gasteiger partial charge in [-0.2, -0.15) is 0 Å². The number of hydrogen-bond donors (Lipinski definition) is 1. The summed E-state index contributed by atoms with van der Waals surface area (Å²) in [4.78, 5) is 12.0. The van der Waals surface area contributed by atoms with E-state index in [1.54, 1.807) is 13.2 Å². The molecule has 3 nitrogen and oxygen atoms in total. The van der Waals surface area contributed by atoms with Crippen molar-refractivity contribution in [3.8, 4) is 5.75 Å². The summed E-state index contributed by atoms with van der Waals surface area (Å²) in [5, 5.41) is 2.93. The van der Waals surface area contributed by atoms with Crippen LogP contribution in [0.5, 0.6) is 5.75 Å². The average molecular weight is 381 g/mol. The third-order valence-electron chi connectivity index (χ3n) is 2.96. The average Bonchev–Trinajstić information content (AvgIpc) is 2.48. The number of hydrogen-bond acceptors (Lipinski definition) is 2. The fraction of sp³-hybridized carbons (Fsp3) is 0.188. The zero-order valence-corrected chi connectivity index (χ0v) is 13.4. The molecule has 2 rings (SSSR count). The van der Waals surface area contributed by atoms with Crippen LogP contribution in [-0.4, -0.2) is 19.6 Å². The number of carbonyl (C=O) groups is 1. The van der Waals surface area contributed by atoms with E-state index >= 15 is 0 Å². The predicted octanol–water partition coefficient (Wildman–Crippen LogP) is 3.27. The van der Waals surface area contributed by atoms with Gasteiger partial charge in [-0.1, -0.05) is 30.3 Å². The van der Waals surface area contributed by atoms with Crippen LogP contribution in [-0.2, 0) is 6.42 Å². The van der Waals surface area contributed by atoms with Gasteiger partial charge in [0.15, 0.2) is 0 Å². The lowest BCUT2D eigenvalue weighted by molar-refractivity contribution is 0.0954. The molecule has 0 heterocycles. The van der Waals surface area contributed by atoms with Gasteiger partial charge in [0.25, 0.3) is 5.91 Å². The third kappa shape index (κ3) is 3.96. The maximum atomic E-state index is 12.0. The molecular weight excluding hydrogens is 365 g/mol. The highest BCUT2D eigenvalue weighted by Crippen LogP contribution is 2.21. The topological polar surface area (TPSA) is 38.3 Å². The van der Waals surface area contributed by atoms with E-state index in [1.165, 1.54) is 5.56 Å². The Bertz CT molecular complexity index is 584. The van der Waals surface area contributed by atoms with Crippen LogP contribution in [0.4, 0.5) is 0 Å². The number of ether oxygens (including phenoxy) is 1. The second-order valence-corrected chi connectivity index (χ2v) is 5.50. The largest absolute Gasteiger partial charge is 0.496 e. The molecule has 2 aromatic rings. The molecule has 1 N–H and O–H groups in total. The highest BCUT2D eigenvalue weighted by atomic mass is 127. The van der Waals surface area contributed by atoms with Crippen LogP contribution in [0.15, 0.2) is 48.5 Å².